The molecule has 0 bridgehead atoms. The van der Waals surface area contributed by atoms with Gasteiger partial charge in [0.2, 0.25) is 0 Å². The second kappa shape index (κ2) is 6.23. The summed E-state index contributed by atoms with van der Waals surface area (Å²) in [6, 6.07) is 9.30. The first-order valence-electron chi connectivity index (χ1n) is 6.83. The second-order valence-corrected chi connectivity index (χ2v) is 5.29. The number of para-hydroxylation sites is 1. The molecule has 2 aromatic rings. The van der Waals surface area contributed by atoms with Crippen LogP contribution in [0.4, 0.5) is 11.5 Å². The van der Waals surface area contributed by atoms with E-state index in [0.29, 0.717) is 29.5 Å². The molecule has 0 saturated carbocycles. The van der Waals surface area contributed by atoms with Crippen molar-refractivity contribution in [1.82, 2.24) is 9.55 Å². The number of hydrogen-bond acceptors (Lipinski definition) is 4. The molecule has 0 N–H and O–H groups in total. The lowest BCUT2D eigenvalue weighted by molar-refractivity contribution is 0.509. The van der Waals surface area contributed by atoms with Gasteiger partial charge in [0.15, 0.2) is 5.82 Å². The predicted octanol–water partition coefficient (Wildman–Crippen LogP) is 2.54. The average Bonchev–Trinajstić information content (AvgIpc) is 2.48. The molecule has 21 heavy (non-hydrogen) atoms. The number of nitriles is 1. The van der Waals surface area contributed by atoms with Crippen LogP contribution in [0.15, 0.2) is 41.5 Å². The highest BCUT2D eigenvalue weighted by atomic mass is 16.1. The summed E-state index contributed by atoms with van der Waals surface area (Å²) < 4.78 is 1.65. The van der Waals surface area contributed by atoms with Crippen LogP contribution in [-0.2, 0) is 6.54 Å². The minimum atomic E-state index is -0.151. The SMILES string of the molecule is CC(C)Cn1ccnc(N(C)c2ccccc2C#N)c1=O. The second-order valence-electron chi connectivity index (χ2n) is 5.29. The van der Waals surface area contributed by atoms with Crippen molar-refractivity contribution in [3.63, 3.8) is 0 Å². The molecule has 2 rings (SSSR count). The summed E-state index contributed by atoms with van der Waals surface area (Å²) in [5.74, 6) is 0.690. The predicted molar refractivity (Wildman–Crippen MR) is 82.6 cm³/mol. The maximum Gasteiger partial charge on any atom is 0.293 e. The van der Waals surface area contributed by atoms with Gasteiger partial charge in [-0.1, -0.05) is 26.0 Å². The van der Waals surface area contributed by atoms with Gasteiger partial charge in [-0.15, -0.1) is 0 Å². The first-order chi connectivity index (χ1) is 10.0. The van der Waals surface area contributed by atoms with Gasteiger partial charge in [-0.05, 0) is 18.1 Å². The summed E-state index contributed by atoms with van der Waals surface area (Å²) in [5.41, 5.74) is 1.04. The molecular weight excluding hydrogens is 264 g/mol. The monoisotopic (exact) mass is 282 g/mol. The summed E-state index contributed by atoms with van der Waals surface area (Å²) in [6.45, 7) is 4.75. The van der Waals surface area contributed by atoms with Crippen molar-refractivity contribution in [2.75, 3.05) is 11.9 Å². The van der Waals surface area contributed by atoms with Crippen molar-refractivity contribution in [3.05, 3.63) is 52.6 Å². The molecule has 0 unspecified atom stereocenters. The number of benzene rings is 1. The first kappa shape index (κ1) is 14.8. The van der Waals surface area contributed by atoms with Crippen LogP contribution in [0.1, 0.15) is 19.4 Å². The molecule has 0 spiro atoms. The third-order valence-corrected chi connectivity index (χ3v) is 3.16. The first-order valence-corrected chi connectivity index (χ1v) is 6.83. The van der Waals surface area contributed by atoms with E-state index < -0.39 is 0 Å². The summed E-state index contributed by atoms with van der Waals surface area (Å²) in [5, 5.41) is 9.18. The van der Waals surface area contributed by atoms with E-state index >= 15 is 0 Å². The molecule has 0 radical (unpaired) electrons. The molecule has 0 aliphatic carbocycles. The van der Waals surface area contributed by atoms with Crippen molar-refractivity contribution < 1.29 is 0 Å². The molecule has 1 aromatic carbocycles. The Kier molecular flexibility index (Phi) is 4.39. The van der Waals surface area contributed by atoms with Crippen molar-refractivity contribution >= 4 is 11.5 Å². The zero-order valence-corrected chi connectivity index (χ0v) is 12.4. The Bertz CT molecular complexity index is 728. The quantitative estimate of drug-likeness (QED) is 0.864. The van der Waals surface area contributed by atoms with Gasteiger partial charge in [0.25, 0.3) is 5.56 Å². The van der Waals surface area contributed by atoms with Gasteiger partial charge in [0.05, 0.1) is 11.3 Å². The fourth-order valence-electron chi connectivity index (χ4n) is 2.18. The molecule has 0 aliphatic heterocycles. The maximum atomic E-state index is 12.5. The van der Waals surface area contributed by atoms with Crippen molar-refractivity contribution in [2.24, 2.45) is 5.92 Å². The molecule has 0 fully saturated rings. The largest absolute Gasteiger partial charge is 0.324 e. The van der Waals surface area contributed by atoms with E-state index in [4.69, 9.17) is 0 Å². The number of anilines is 2. The Hall–Kier alpha value is -2.61. The lowest BCUT2D eigenvalue weighted by atomic mass is 10.2. The average molecular weight is 282 g/mol. The fraction of sp³-hybridized carbons (Fsp3) is 0.312. The normalized spacial score (nSPS) is 10.4. The minimum absolute atomic E-state index is 0.151. The van der Waals surface area contributed by atoms with E-state index in [-0.39, 0.29) is 5.56 Å². The lowest BCUT2D eigenvalue weighted by Crippen LogP contribution is -2.29. The topological polar surface area (TPSA) is 61.9 Å². The Morgan fingerprint density at radius 2 is 2.10 bits per heavy atom. The smallest absolute Gasteiger partial charge is 0.293 e. The highest BCUT2D eigenvalue weighted by Gasteiger charge is 2.14. The molecule has 108 valence electrons. The highest BCUT2D eigenvalue weighted by Crippen LogP contribution is 2.22. The van der Waals surface area contributed by atoms with Gasteiger partial charge < -0.3 is 9.47 Å². The summed E-state index contributed by atoms with van der Waals surface area (Å²) >= 11 is 0. The van der Waals surface area contributed by atoms with Crippen molar-refractivity contribution in [3.8, 4) is 6.07 Å². The zero-order valence-electron chi connectivity index (χ0n) is 12.4. The molecule has 5 heteroatoms. The summed E-state index contributed by atoms with van der Waals surface area (Å²) in [4.78, 5) is 18.3. The standard InChI is InChI=1S/C16H18N4O/c1-12(2)11-20-9-8-18-15(16(20)21)19(3)14-7-5-4-6-13(14)10-17/h4-9,12H,11H2,1-3H3. The molecule has 0 aliphatic rings. The van der Waals surface area contributed by atoms with E-state index in [1.165, 1.54) is 0 Å². The van der Waals surface area contributed by atoms with Gasteiger partial charge in [-0.25, -0.2) is 4.98 Å². The third-order valence-electron chi connectivity index (χ3n) is 3.16. The van der Waals surface area contributed by atoms with Gasteiger partial charge >= 0.3 is 0 Å². The molecule has 0 saturated heterocycles. The van der Waals surface area contributed by atoms with Gasteiger partial charge in [-0.3, -0.25) is 4.79 Å². The van der Waals surface area contributed by atoms with E-state index in [1.807, 2.05) is 6.07 Å². The molecule has 5 nitrogen and oxygen atoms in total. The molecule has 1 heterocycles. The molecule has 1 aromatic heterocycles. The van der Waals surface area contributed by atoms with Gasteiger partial charge in [0, 0.05) is 26.0 Å². The zero-order chi connectivity index (χ0) is 15.4. The molecule has 0 amide bonds. The third kappa shape index (κ3) is 3.11. The molecular formula is C16H18N4O. The van der Waals surface area contributed by atoms with Crippen molar-refractivity contribution in [1.29, 1.82) is 5.26 Å². The van der Waals surface area contributed by atoms with E-state index in [1.54, 1.807) is 47.1 Å². The van der Waals surface area contributed by atoms with Gasteiger partial charge in [0.1, 0.15) is 6.07 Å². The number of aromatic nitrogens is 2. The van der Waals surface area contributed by atoms with E-state index in [2.05, 4.69) is 24.9 Å². The molecule has 0 atom stereocenters. The van der Waals surface area contributed by atoms with Crippen LogP contribution in [0, 0.1) is 17.2 Å². The maximum absolute atomic E-state index is 12.5. The summed E-state index contributed by atoms with van der Waals surface area (Å²) in [7, 11) is 1.75. The Morgan fingerprint density at radius 3 is 2.76 bits per heavy atom. The van der Waals surface area contributed by atoms with Crippen LogP contribution in [0.5, 0.6) is 0 Å². The van der Waals surface area contributed by atoms with Crippen LogP contribution in [0.2, 0.25) is 0 Å². The van der Waals surface area contributed by atoms with Crippen LogP contribution < -0.4 is 10.5 Å². The van der Waals surface area contributed by atoms with Crippen molar-refractivity contribution in [2.45, 2.75) is 20.4 Å². The lowest BCUT2D eigenvalue weighted by Gasteiger charge is -2.20. The minimum Gasteiger partial charge on any atom is -0.324 e. The number of nitrogens with zero attached hydrogens (tertiary/aromatic N) is 4. The highest BCUT2D eigenvalue weighted by molar-refractivity contribution is 5.66. The van der Waals surface area contributed by atoms with E-state index in [9.17, 15) is 10.1 Å². The van der Waals surface area contributed by atoms with Crippen LogP contribution >= 0.6 is 0 Å². The summed E-state index contributed by atoms with van der Waals surface area (Å²) in [6.07, 6.45) is 3.31. The Balaban J connectivity index is 2.47. The van der Waals surface area contributed by atoms with Crippen LogP contribution in [0.3, 0.4) is 0 Å². The van der Waals surface area contributed by atoms with E-state index in [0.717, 1.165) is 0 Å². The Morgan fingerprint density at radius 1 is 1.38 bits per heavy atom. The number of rotatable bonds is 4. The fourth-order valence-corrected chi connectivity index (χ4v) is 2.18. The van der Waals surface area contributed by atoms with Crippen LogP contribution in [-0.4, -0.2) is 16.6 Å². The number of hydrogen-bond donors (Lipinski definition) is 0. The van der Waals surface area contributed by atoms with Crippen LogP contribution in [0.25, 0.3) is 0 Å². The van der Waals surface area contributed by atoms with Gasteiger partial charge in [-0.2, -0.15) is 5.26 Å². The Labute approximate surface area is 124 Å².